The molecule has 2 rings (SSSR count). The van der Waals surface area contributed by atoms with Crippen LogP contribution >= 0.6 is 0 Å². The molecule has 2 aromatic carbocycles. The minimum Gasteiger partial charge on any atom is -0.355 e. The monoisotopic (exact) mass is 404 g/mol. The van der Waals surface area contributed by atoms with Crippen molar-refractivity contribution in [2.24, 2.45) is 0 Å². The van der Waals surface area contributed by atoms with Gasteiger partial charge in [-0.05, 0) is 29.8 Å². The maximum atomic E-state index is 12.9. The molecule has 0 aromatic heterocycles. The van der Waals surface area contributed by atoms with Crippen molar-refractivity contribution in [3.63, 3.8) is 0 Å². The first-order valence-corrected chi connectivity index (χ1v) is 9.25. The van der Waals surface area contributed by atoms with Crippen LogP contribution in [0, 0.1) is 5.82 Å². The van der Waals surface area contributed by atoms with Crippen molar-refractivity contribution in [2.75, 3.05) is 13.1 Å². The van der Waals surface area contributed by atoms with Crippen molar-refractivity contribution in [3.05, 3.63) is 65.5 Å². The van der Waals surface area contributed by atoms with Gasteiger partial charge in [-0.3, -0.25) is 4.79 Å². The molecule has 0 fully saturated rings. The molecule has 0 radical (unpaired) electrons. The second kappa shape index (κ2) is 8.49. The van der Waals surface area contributed by atoms with Gasteiger partial charge < -0.3 is 5.32 Å². The summed E-state index contributed by atoms with van der Waals surface area (Å²) in [6, 6.07) is 9.10. The highest BCUT2D eigenvalue weighted by Gasteiger charge is 2.36. The molecular formula is C17H16F4N2O3S. The van der Waals surface area contributed by atoms with Gasteiger partial charge in [0.1, 0.15) is 5.82 Å². The smallest absolute Gasteiger partial charge is 0.355 e. The molecule has 1 amide bonds. The summed E-state index contributed by atoms with van der Waals surface area (Å²) in [4.78, 5) is 10.9. The van der Waals surface area contributed by atoms with Gasteiger partial charge in [0.15, 0.2) is 0 Å². The molecule has 0 aliphatic carbocycles. The number of hydrogen-bond donors (Lipinski definition) is 2. The second-order valence-electron chi connectivity index (χ2n) is 5.54. The zero-order valence-electron chi connectivity index (χ0n) is 13.9. The zero-order chi connectivity index (χ0) is 20.1. The molecule has 0 bridgehead atoms. The Labute approximate surface area is 153 Å². The molecule has 2 N–H and O–H groups in total. The molecule has 0 heterocycles. The van der Waals surface area contributed by atoms with Crippen LogP contribution in [0.15, 0.2) is 53.4 Å². The first kappa shape index (κ1) is 20.8. The molecule has 0 spiro atoms. The lowest BCUT2D eigenvalue weighted by Gasteiger charge is -2.14. The summed E-state index contributed by atoms with van der Waals surface area (Å²) in [5.41, 5.74) is -0.702. The van der Waals surface area contributed by atoms with E-state index >= 15 is 0 Å². The second-order valence-corrected chi connectivity index (χ2v) is 7.28. The normalized spacial score (nSPS) is 12.0. The van der Waals surface area contributed by atoms with Gasteiger partial charge in [0.2, 0.25) is 15.9 Å². The zero-order valence-corrected chi connectivity index (χ0v) is 14.7. The third kappa shape index (κ3) is 6.04. The van der Waals surface area contributed by atoms with Gasteiger partial charge in [0.05, 0.1) is 16.9 Å². The Hall–Kier alpha value is -2.46. The molecule has 0 aliphatic heterocycles. The summed E-state index contributed by atoms with van der Waals surface area (Å²) in [5.74, 6) is -0.871. The number of alkyl halides is 3. The SMILES string of the molecule is O=C(Cc1ccc(F)cc1)NCCNS(=O)(=O)c1ccccc1C(F)(F)F. The Kier molecular flexibility index (Phi) is 6.55. The first-order chi connectivity index (χ1) is 12.6. The number of hydrogen-bond acceptors (Lipinski definition) is 3. The summed E-state index contributed by atoms with van der Waals surface area (Å²) in [7, 11) is -4.40. The molecule has 0 saturated carbocycles. The molecule has 0 atom stereocenters. The standard InChI is InChI=1S/C17H16F4N2O3S/c18-13-7-5-12(6-8-13)11-16(24)22-9-10-23-27(25,26)15-4-2-1-3-14(15)17(19,20)21/h1-8,23H,9-11H2,(H,22,24). The van der Waals surface area contributed by atoms with E-state index in [1.165, 1.54) is 30.3 Å². The number of rotatable bonds is 7. The van der Waals surface area contributed by atoms with Crippen LogP contribution in [-0.4, -0.2) is 27.4 Å². The molecule has 5 nitrogen and oxygen atoms in total. The maximum Gasteiger partial charge on any atom is 0.417 e. The molecule has 2 aromatic rings. The number of sulfonamides is 1. The third-order valence-electron chi connectivity index (χ3n) is 3.50. The van der Waals surface area contributed by atoms with Crippen LogP contribution < -0.4 is 10.0 Å². The first-order valence-electron chi connectivity index (χ1n) is 7.76. The van der Waals surface area contributed by atoms with Gasteiger partial charge in [0, 0.05) is 13.1 Å². The Morgan fingerprint density at radius 3 is 2.22 bits per heavy atom. The number of carbonyl (C=O) groups is 1. The van der Waals surface area contributed by atoms with Gasteiger partial charge in [-0.25, -0.2) is 17.5 Å². The van der Waals surface area contributed by atoms with E-state index in [4.69, 9.17) is 0 Å². The van der Waals surface area contributed by atoms with Crippen LogP contribution in [0.4, 0.5) is 17.6 Å². The van der Waals surface area contributed by atoms with Crippen LogP contribution in [0.3, 0.4) is 0 Å². The van der Waals surface area contributed by atoms with Crippen molar-refractivity contribution in [1.82, 2.24) is 10.0 Å². The van der Waals surface area contributed by atoms with Gasteiger partial charge >= 0.3 is 6.18 Å². The molecule has 27 heavy (non-hydrogen) atoms. The average molecular weight is 404 g/mol. The molecule has 10 heteroatoms. The lowest BCUT2D eigenvalue weighted by Crippen LogP contribution is -2.35. The van der Waals surface area contributed by atoms with Crippen molar-refractivity contribution < 1.29 is 30.8 Å². The Bertz CT molecular complexity index is 897. The van der Waals surface area contributed by atoms with Gasteiger partial charge in [0.25, 0.3) is 0 Å². The highest BCUT2D eigenvalue weighted by Crippen LogP contribution is 2.33. The minimum atomic E-state index is -4.81. The maximum absolute atomic E-state index is 12.9. The molecular weight excluding hydrogens is 388 g/mol. The van der Waals surface area contributed by atoms with Gasteiger partial charge in [-0.15, -0.1) is 0 Å². The highest BCUT2D eigenvalue weighted by atomic mass is 32.2. The number of carbonyl (C=O) groups excluding carboxylic acids is 1. The van der Waals surface area contributed by atoms with Crippen LogP contribution in [0.25, 0.3) is 0 Å². The molecule has 146 valence electrons. The van der Waals surface area contributed by atoms with Crippen molar-refractivity contribution in [1.29, 1.82) is 0 Å². The van der Waals surface area contributed by atoms with E-state index in [2.05, 4.69) is 5.32 Å². The molecule has 0 unspecified atom stereocenters. The highest BCUT2D eigenvalue weighted by molar-refractivity contribution is 7.89. The minimum absolute atomic E-state index is 0.0378. The van der Waals surface area contributed by atoms with Crippen molar-refractivity contribution in [3.8, 4) is 0 Å². The quantitative estimate of drug-likeness (QED) is 0.550. The Morgan fingerprint density at radius 2 is 1.59 bits per heavy atom. The Morgan fingerprint density at radius 1 is 0.963 bits per heavy atom. The van der Waals surface area contributed by atoms with E-state index in [9.17, 15) is 30.8 Å². The number of halogens is 4. The summed E-state index contributed by atoms with van der Waals surface area (Å²) >= 11 is 0. The number of amides is 1. The van der Waals surface area contributed by atoms with E-state index in [0.717, 1.165) is 12.1 Å². The Balaban J connectivity index is 1.89. The average Bonchev–Trinajstić information content (AvgIpc) is 2.60. The van der Waals surface area contributed by atoms with E-state index in [0.29, 0.717) is 11.6 Å². The summed E-state index contributed by atoms with van der Waals surface area (Å²) in [5, 5.41) is 2.43. The van der Waals surface area contributed by atoms with Crippen LogP contribution in [0.2, 0.25) is 0 Å². The number of benzene rings is 2. The fraction of sp³-hybridized carbons (Fsp3) is 0.235. The van der Waals surface area contributed by atoms with Gasteiger partial charge in [-0.1, -0.05) is 24.3 Å². The van der Waals surface area contributed by atoms with Crippen LogP contribution in [0.5, 0.6) is 0 Å². The predicted octanol–water partition coefficient (Wildman–Crippen LogP) is 2.48. The van der Waals surface area contributed by atoms with Gasteiger partial charge in [-0.2, -0.15) is 13.2 Å². The fourth-order valence-corrected chi connectivity index (χ4v) is 3.51. The van der Waals surface area contributed by atoms with E-state index in [1.54, 1.807) is 0 Å². The summed E-state index contributed by atoms with van der Waals surface area (Å²) < 4.78 is 77.8. The topological polar surface area (TPSA) is 75.3 Å². The largest absolute Gasteiger partial charge is 0.417 e. The van der Waals surface area contributed by atoms with Crippen molar-refractivity contribution >= 4 is 15.9 Å². The van der Waals surface area contributed by atoms with E-state index in [-0.39, 0.29) is 19.5 Å². The fourth-order valence-electron chi connectivity index (χ4n) is 2.25. The van der Waals surface area contributed by atoms with Crippen LogP contribution in [0.1, 0.15) is 11.1 Å². The molecule has 0 saturated heterocycles. The van der Waals surface area contributed by atoms with E-state index < -0.39 is 38.4 Å². The predicted molar refractivity (Wildman–Crippen MR) is 89.7 cm³/mol. The third-order valence-corrected chi connectivity index (χ3v) is 5.02. The number of nitrogens with one attached hydrogen (secondary N) is 2. The summed E-state index contributed by atoms with van der Waals surface area (Å²) in [6.45, 7) is -0.406. The lowest BCUT2D eigenvalue weighted by molar-refractivity contribution is -0.139. The van der Waals surface area contributed by atoms with Crippen LogP contribution in [-0.2, 0) is 27.4 Å². The van der Waals surface area contributed by atoms with Crippen molar-refractivity contribution in [2.45, 2.75) is 17.5 Å². The summed E-state index contributed by atoms with van der Waals surface area (Å²) in [6.07, 6.45) is -4.85. The lowest BCUT2D eigenvalue weighted by atomic mass is 10.1. The van der Waals surface area contributed by atoms with E-state index in [1.807, 2.05) is 4.72 Å². The molecule has 0 aliphatic rings.